The molecule has 1 aliphatic rings. The third kappa shape index (κ3) is 9.02. The van der Waals surface area contributed by atoms with Gasteiger partial charge in [0, 0.05) is 41.1 Å². The van der Waals surface area contributed by atoms with Crippen molar-refractivity contribution >= 4 is 11.8 Å². The van der Waals surface area contributed by atoms with Crippen molar-refractivity contribution in [3.63, 3.8) is 0 Å². The molecule has 2 amide bonds. The fourth-order valence-corrected chi connectivity index (χ4v) is 4.85. The van der Waals surface area contributed by atoms with Crippen LogP contribution in [0.2, 0.25) is 0 Å². The van der Waals surface area contributed by atoms with E-state index in [0.29, 0.717) is 35.0 Å². The number of benzene rings is 1. The molecule has 3 rings (SSSR count). The first-order chi connectivity index (χ1) is 17.9. The van der Waals surface area contributed by atoms with E-state index < -0.39 is 35.1 Å². The molecule has 3 N–H and O–H groups in total. The van der Waals surface area contributed by atoms with Gasteiger partial charge in [0.1, 0.15) is 5.75 Å². The summed E-state index contributed by atoms with van der Waals surface area (Å²) in [4.78, 5) is 26.1. The van der Waals surface area contributed by atoms with Crippen molar-refractivity contribution in [3.8, 4) is 17.0 Å². The summed E-state index contributed by atoms with van der Waals surface area (Å²) in [5.74, 6) is -1.10. The molecule has 1 aromatic carbocycles. The van der Waals surface area contributed by atoms with E-state index >= 15 is 0 Å². The highest BCUT2D eigenvalue weighted by atomic mass is 19.4. The minimum atomic E-state index is -4.95. The van der Waals surface area contributed by atoms with E-state index in [-0.39, 0.29) is 12.1 Å². The van der Waals surface area contributed by atoms with Crippen LogP contribution in [0, 0.1) is 12.8 Å². The molecule has 0 aliphatic heterocycles. The zero-order chi connectivity index (χ0) is 29.2. The molecule has 1 saturated carbocycles. The standard InChI is InChI=1S/C29H40F3N3O4/c1-18-23(26(37)33-17-28(5,6)38)15-24(35(18)16-19-10-8-7-9-11-19)20-12-21(25(36)34-27(2,3)4)14-22(13-20)39-29(30,31)32/h12-15,19,38H,7-11,16-17H2,1-6H3,(H,33,37)(H,34,36). The molecule has 0 unspecified atom stereocenters. The molecule has 1 aliphatic carbocycles. The quantitative estimate of drug-likeness (QED) is 0.377. The molecule has 0 spiro atoms. The van der Waals surface area contributed by atoms with Gasteiger partial charge in [-0.15, -0.1) is 13.2 Å². The molecular formula is C29H40F3N3O4. The maximum absolute atomic E-state index is 13.2. The predicted octanol–water partition coefficient (Wildman–Crippen LogP) is 5.97. The van der Waals surface area contributed by atoms with Crippen molar-refractivity contribution in [1.82, 2.24) is 15.2 Å². The number of ether oxygens (including phenoxy) is 1. The lowest BCUT2D eigenvalue weighted by Gasteiger charge is -2.25. The number of amides is 2. The van der Waals surface area contributed by atoms with E-state index in [1.807, 2.05) is 4.57 Å². The van der Waals surface area contributed by atoms with Crippen molar-refractivity contribution in [2.75, 3.05) is 6.54 Å². The lowest BCUT2D eigenvalue weighted by Crippen LogP contribution is -2.40. The van der Waals surface area contributed by atoms with Gasteiger partial charge in [0.05, 0.1) is 11.2 Å². The molecule has 39 heavy (non-hydrogen) atoms. The molecular weight excluding hydrogens is 511 g/mol. The summed E-state index contributed by atoms with van der Waals surface area (Å²) in [6.07, 6.45) is 0.471. The number of halogens is 3. The predicted molar refractivity (Wildman–Crippen MR) is 144 cm³/mol. The summed E-state index contributed by atoms with van der Waals surface area (Å²) in [6, 6.07) is 5.47. The number of nitrogens with zero attached hydrogens (tertiary/aromatic N) is 1. The van der Waals surface area contributed by atoms with E-state index in [0.717, 1.165) is 31.7 Å². The van der Waals surface area contributed by atoms with E-state index in [9.17, 15) is 27.9 Å². The Balaban J connectivity index is 2.13. The van der Waals surface area contributed by atoms with Gasteiger partial charge >= 0.3 is 6.36 Å². The highest BCUT2D eigenvalue weighted by Gasteiger charge is 2.32. The number of hydrogen-bond acceptors (Lipinski definition) is 4. The van der Waals surface area contributed by atoms with Gasteiger partial charge < -0.3 is 25.0 Å². The molecule has 1 fully saturated rings. The summed E-state index contributed by atoms with van der Waals surface area (Å²) in [6.45, 7) is 10.9. The van der Waals surface area contributed by atoms with Crippen molar-refractivity contribution < 1.29 is 32.6 Å². The summed E-state index contributed by atoms with van der Waals surface area (Å²) >= 11 is 0. The Bertz CT molecular complexity index is 1180. The lowest BCUT2D eigenvalue weighted by atomic mass is 9.89. The molecule has 1 aromatic heterocycles. The Morgan fingerprint density at radius 1 is 1.00 bits per heavy atom. The SMILES string of the molecule is Cc1c(C(=O)NCC(C)(C)O)cc(-c2cc(OC(F)(F)F)cc(C(=O)NC(C)(C)C)c2)n1CC1CCCCC1. The first kappa shape index (κ1) is 30.5. The van der Waals surface area contributed by atoms with Gasteiger partial charge in [-0.25, -0.2) is 0 Å². The van der Waals surface area contributed by atoms with Gasteiger partial charge in [-0.3, -0.25) is 9.59 Å². The van der Waals surface area contributed by atoms with Gasteiger partial charge in [-0.1, -0.05) is 19.3 Å². The Morgan fingerprint density at radius 2 is 1.64 bits per heavy atom. The van der Waals surface area contributed by atoms with E-state index in [4.69, 9.17) is 0 Å². The highest BCUT2D eigenvalue weighted by Crippen LogP contribution is 2.35. The van der Waals surface area contributed by atoms with Crippen LogP contribution in [0.25, 0.3) is 11.3 Å². The molecule has 0 atom stereocenters. The Morgan fingerprint density at radius 3 is 2.21 bits per heavy atom. The number of carbonyl (C=O) groups is 2. The van der Waals surface area contributed by atoms with Crippen molar-refractivity contribution in [1.29, 1.82) is 0 Å². The monoisotopic (exact) mass is 551 g/mol. The first-order valence-electron chi connectivity index (χ1n) is 13.4. The number of carbonyl (C=O) groups excluding carboxylic acids is 2. The van der Waals surface area contributed by atoms with E-state index in [1.165, 1.54) is 18.6 Å². The van der Waals surface area contributed by atoms with Crippen LogP contribution >= 0.6 is 0 Å². The molecule has 1 heterocycles. The molecule has 2 aromatic rings. The zero-order valence-electron chi connectivity index (χ0n) is 23.6. The van der Waals surface area contributed by atoms with E-state index in [2.05, 4.69) is 15.4 Å². The molecule has 10 heteroatoms. The molecule has 0 saturated heterocycles. The molecule has 216 valence electrons. The second kappa shape index (κ2) is 11.6. The van der Waals surface area contributed by atoms with E-state index in [1.54, 1.807) is 47.6 Å². The fraction of sp³-hybridized carbons (Fsp3) is 0.586. The van der Waals surface area contributed by atoms with Crippen LogP contribution in [0.3, 0.4) is 0 Å². The van der Waals surface area contributed by atoms with Crippen LogP contribution in [0.4, 0.5) is 13.2 Å². The fourth-order valence-electron chi connectivity index (χ4n) is 4.85. The van der Waals surface area contributed by atoms with Crippen LogP contribution in [-0.4, -0.2) is 45.5 Å². The second-order valence-corrected chi connectivity index (χ2v) is 12.1. The average molecular weight is 552 g/mol. The van der Waals surface area contributed by atoms with Gasteiger partial charge in [0.15, 0.2) is 0 Å². The van der Waals surface area contributed by atoms with Crippen molar-refractivity contribution in [2.24, 2.45) is 5.92 Å². The van der Waals surface area contributed by atoms with Crippen molar-refractivity contribution in [2.45, 2.75) is 97.7 Å². The maximum atomic E-state index is 13.2. The van der Waals surface area contributed by atoms with Crippen LogP contribution < -0.4 is 15.4 Å². The number of alkyl halides is 3. The minimum Gasteiger partial charge on any atom is -0.406 e. The zero-order valence-corrected chi connectivity index (χ0v) is 23.6. The second-order valence-electron chi connectivity index (χ2n) is 12.1. The maximum Gasteiger partial charge on any atom is 0.573 e. The summed E-state index contributed by atoms with van der Waals surface area (Å²) in [5.41, 5.74) is 0.148. The topological polar surface area (TPSA) is 92.6 Å². The summed E-state index contributed by atoms with van der Waals surface area (Å²) in [5, 5.41) is 15.6. The van der Waals surface area contributed by atoms with Gasteiger partial charge in [-0.2, -0.15) is 0 Å². The van der Waals surface area contributed by atoms with Gasteiger partial charge in [0.2, 0.25) is 0 Å². The molecule has 0 bridgehead atoms. The Kier molecular flexibility index (Phi) is 9.09. The Labute approximate surface area is 228 Å². The van der Waals surface area contributed by atoms with Crippen LogP contribution in [-0.2, 0) is 6.54 Å². The number of aliphatic hydroxyl groups is 1. The smallest absolute Gasteiger partial charge is 0.406 e. The number of rotatable bonds is 8. The molecule has 0 radical (unpaired) electrons. The highest BCUT2D eigenvalue weighted by molar-refractivity contribution is 5.98. The third-order valence-corrected chi connectivity index (χ3v) is 6.64. The molecule has 7 nitrogen and oxygen atoms in total. The van der Waals surface area contributed by atoms with Gasteiger partial charge in [-0.05, 0) is 84.6 Å². The Hall–Kier alpha value is -3.01. The van der Waals surface area contributed by atoms with Gasteiger partial charge in [0.25, 0.3) is 11.8 Å². The largest absolute Gasteiger partial charge is 0.573 e. The first-order valence-corrected chi connectivity index (χ1v) is 13.4. The normalized spacial score (nSPS) is 15.2. The van der Waals surface area contributed by atoms with Crippen LogP contribution in [0.15, 0.2) is 24.3 Å². The lowest BCUT2D eigenvalue weighted by molar-refractivity contribution is -0.274. The number of aromatic nitrogens is 1. The third-order valence-electron chi connectivity index (χ3n) is 6.64. The summed E-state index contributed by atoms with van der Waals surface area (Å²) in [7, 11) is 0. The number of nitrogens with one attached hydrogen (secondary N) is 2. The van der Waals surface area contributed by atoms with Crippen LogP contribution in [0.1, 0.15) is 93.1 Å². The van der Waals surface area contributed by atoms with Crippen molar-refractivity contribution in [3.05, 3.63) is 41.1 Å². The minimum absolute atomic E-state index is 0.0118. The number of hydrogen-bond donors (Lipinski definition) is 3. The summed E-state index contributed by atoms with van der Waals surface area (Å²) < 4.78 is 45.9. The van der Waals surface area contributed by atoms with Crippen LogP contribution in [0.5, 0.6) is 5.75 Å². The average Bonchev–Trinajstić information content (AvgIpc) is 3.11.